The molecule has 0 spiro atoms. The fourth-order valence-electron chi connectivity index (χ4n) is 2.38. The Morgan fingerprint density at radius 1 is 1.00 bits per heavy atom. The number of benzene rings is 2. The van der Waals surface area contributed by atoms with E-state index in [-0.39, 0.29) is 11.8 Å². The molecule has 1 amide bonds. The number of nitrogens with one attached hydrogen (secondary N) is 1. The molecule has 1 aromatic heterocycles. The third kappa shape index (κ3) is 4.83. The minimum absolute atomic E-state index is 0.253. The van der Waals surface area contributed by atoms with Crippen molar-refractivity contribution in [1.82, 2.24) is 10.3 Å². The van der Waals surface area contributed by atoms with Crippen molar-refractivity contribution in [3.8, 4) is 17.4 Å². The van der Waals surface area contributed by atoms with E-state index in [0.29, 0.717) is 24.5 Å². The number of nitrogens with zero attached hydrogens (tertiary/aromatic N) is 1. The fourth-order valence-corrected chi connectivity index (χ4v) is 2.38. The molecule has 0 bridgehead atoms. The van der Waals surface area contributed by atoms with Crippen LogP contribution in [0.5, 0.6) is 17.4 Å². The van der Waals surface area contributed by atoms with E-state index < -0.39 is 0 Å². The summed E-state index contributed by atoms with van der Waals surface area (Å²) in [6.45, 7) is 2.77. The SMILES string of the molecule is Cc1cccc(OCCNC(=O)c2cccnc2Oc2ccccc2)c1. The number of ether oxygens (including phenoxy) is 2. The van der Waals surface area contributed by atoms with Gasteiger partial charge in [0.1, 0.15) is 23.7 Å². The molecule has 0 fully saturated rings. The zero-order valence-electron chi connectivity index (χ0n) is 14.5. The standard InChI is InChI=1S/C21H20N2O3/c1-16-7-5-10-18(15-16)25-14-13-22-20(24)19-11-6-12-23-21(19)26-17-8-3-2-4-9-17/h2-12,15H,13-14H2,1H3,(H,22,24). The molecule has 0 aliphatic carbocycles. The van der Waals surface area contributed by atoms with Crippen LogP contribution in [0.15, 0.2) is 72.9 Å². The summed E-state index contributed by atoms with van der Waals surface area (Å²) in [6, 6.07) is 20.4. The van der Waals surface area contributed by atoms with Crippen LogP contribution < -0.4 is 14.8 Å². The van der Waals surface area contributed by atoms with Crippen molar-refractivity contribution in [2.24, 2.45) is 0 Å². The van der Waals surface area contributed by atoms with Crippen molar-refractivity contribution in [1.29, 1.82) is 0 Å². The first-order valence-corrected chi connectivity index (χ1v) is 8.38. The summed E-state index contributed by atoms with van der Waals surface area (Å²) in [6.07, 6.45) is 1.59. The fraction of sp³-hybridized carbons (Fsp3) is 0.143. The summed E-state index contributed by atoms with van der Waals surface area (Å²) in [7, 11) is 0. The van der Waals surface area contributed by atoms with E-state index in [1.807, 2.05) is 61.5 Å². The van der Waals surface area contributed by atoms with Crippen LogP contribution in [0.25, 0.3) is 0 Å². The molecule has 5 nitrogen and oxygen atoms in total. The molecule has 3 rings (SSSR count). The highest BCUT2D eigenvalue weighted by Crippen LogP contribution is 2.22. The number of carbonyl (C=O) groups excluding carboxylic acids is 1. The normalized spacial score (nSPS) is 10.2. The second kappa shape index (κ2) is 8.67. The summed E-state index contributed by atoms with van der Waals surface area (Å²) in [4.78, 5) is 16.6. The van der Waals surface area contributed by atoms with Gasteiger partial charge in [0, 0.05) is 6.20 Å². The minimum atomic E-state index is -0.253. The molecule has 0 aliphatic rings. The van der Waals surface area contributed by atoms with Crippen molar-refractivity contribution >= 4 is 5.91 Å². The van der Waals surface area contributed by atoms with Gasteiger partial charge in [-0.2, -0.15) is 0 Å². The number of hydrogen-bond donors (Lipinski definition) is 1. The smallest absolute Gasteiger partial charge is 0.256 e. The van der Waals surface area contributed by atoms with E-state index in [4.69, 9.17) is 9.47 Å². The molecule has 2 aromatic carbocycles. The van der Waals surface area contributed by atoms with Crippen LogP contribution >= 0.6 is 0 Å². The molecule has 0 aliphatic heterocycles. The monoisotopic (exact) mass is 348 g/mol. The van der Waals surface area contributed by atoms with E-state index in [9.17, 15) is 4.79 Å². The third-order valence-electron chi connectivity index (χ3n) is 3.62. The van der Waals surface area contributed by atoms with Crippen LogP contribution in [0.3, 0.4) is 0 Å². The van der Waals surface area contributed by atoms with Gasteiger partial charge in [0.2, 0.25) is 5.88 Å². The molecule has 26 heavy (non-hydrogen) atoms. The Morgan fingerprint density at radius 3 is 2.62 bits per heavy atom. The van der Waals surface area contributed by atoms with Gasteiger partial charge in [-0.05, 0) is 48.9 Å². The predicted molar refractivity (Wildman–Crippen MR) is 99.8 cm³/mol. The van der Waals surface area contributed by atoms with Gasteiger partial charge in [-0.25, -0.2) is 4.98 Å². The topological polar surface area (TPSA) is 60.5 Å². The maximum absolute atomic E-state index is 12.4. The Morgan fingerprint density at radius 2 is 1.81 bits per heavy atom. The van der Waals surface area contributed by atoms with E-state index in [2.05, 4.69) is 10.3 Å². The molecule has 0 saturated carbocycles. The van der Waals surface area contributed by atoms with Gasteiger partial charge in [0.25, 0.3) is 5.91 Å². The zero-order valence-corrected chi connectivity index (χ0v) is 14.5. The van der Waals surface area contributed by atoms with Crippen LogP contribution in [0, 0.1) is 6.92 Å². The molecule has 132 valence electrons. The number of aromatic nitrogens is 1. The van der Waals surface area contributed by atoms with Crippen molar-refractivity contribution in [3.05, 3.63) is 84.1 Å². The Hall–Kier alpha value is -3.34. The number of pyridine rings is 1. The van der Waals surface area contributed by atoms with Crippen LogP contribution in [0.4, 0.5) is 0 Å². The summed E-state index contributed by atoms with van der Waals surface area (Å²) < 4.78 is 11.4. The maximum Gasteiger partial charge on any atom is 0.256 e. The van der Waals surface area contributed by atoms with Gasteiger partial charge in [-0.15, -0.1) is 0 Å². The molecule has 1 heterocycles. The van der Waals surface area contributed by atoms with Gasteiger partial charge in [0.15, 0.2) is 0 Å². The van der Waals surface area contributed by atoms with E-state index in [1.54, 1.807) is 18.3 Å². The first-order valence-electron chi connectivity index (χ1n) is 8.38. The van der Waals surface area contributed by atoms with Crippen molar-refractivity contribution in [2.45, 2.75) is 6.92 Å². The second-order valence-electron chi connectivity index (χ2n) is 5.69. The lowest BCUT2D eigenvalue weighted by atomic mass is 10.2. The van der Waals surface area contributed by atoms with Crippen molar-refractivity contribution in [2.75, 3.05) is 13.2 Å². The van der Waals surface area contributed by atoms with Gasteiger partial charge >= 0.3 is 0 Å². The van der Waals surface area contributed by atoms with Crippen molar-refractivity contribution in [3.63, 3.8) is 0 Å². The zero-order chi connectivity index (χ0) is 18.2. The highest BCUT2D eigenvalue weighted by molar-refractivity contribution is 5.96. The Labute approximate surface area is 152 Å². The first kappa shape index (κ1) is 17.5. The lowest BCUT2D eigenvalue weighted by Gasteiger charge is -2.11. The Balaban J connectivity index is 1.56. The molecule has 0 saturated heterocycles. The van der Waals surface area contributed by atoms with Crippen LogP contribution in [0.1, 0.15) is 15.9 Å². The Bertz CT molecular complexity index is 866. The Kier molecular flexibility index (Phi) is 5.83. The largest absolute Gasteiger partial charge is 0.492 e. The lowest BCUT2D eigenvalue weighted by molar-refractivity contribution is 0.0944. The molecule has 0 radical (unpaired) electrons. The lowest BCUT2D eigenvalue weighted by Crippen LogP contribution is -2.28. The summed E-state index contributed by atoms with van der Waals surface area (Å²) in [5.74, 6) is 1.43. The number of hydrogen-bond acceptors (Lipinski definition) is 4. The van der Waals surface area contributed by atoms with E-state index in [1.165, 1.54) is 0 Å². The van der Waals surface area contributed by atoms with Crippen LogP contribution in [-0.2, 0) is 0 Å². The highest BCUT2D eigenvalue weighted by atomic mass is 16.5. The second-order valence-corrected chi connectivity index (χ2v) is 5.69. The number of rotatable bonds is 7. The van der Waals surface area contributed by atoms with Crippen LogP contribution in [-0.4, -0.2) is 24.0 Å². The number of amides is 1. The number of para-hydroxylation sites is 1. The highest BCUT2D eigenvalue weighted by Gasteiger charge is 2.13. The molecule has 0 atom stereocenters. The summed E-state index contributed by atoms with van der Waals surface area (Å²) >= 11 is 0. The van der Waals surface area contributed by atoms with Gasteiger partial charge in [-0.1, -0.05) is 30.3 Å². The number of aryl methyl sites for hydroxylation is 1. The molecule has 0 unspecified atom stereocenters. The average Bonchev–Trinajstić information content (AvgIpc) is 2.66. The van der Waals surface area contributed by atoms with Gasteiger partial charge < -0.3 is 14.8 Å². The third-order valence-corrected chi connectivity index (χ3v) is 3.62. The van der Waals surface area contributed by atoms with Gasteiger partial charge in [-0.3, -0.25) is 4.79 Å². The first-order chi connectivity index (χ1) is 12.7. The minimum Gasteiger partial charge on any atom is -0.492 e. The molecular formula is C21H20N2O3. The molecule has 3 aromatic rings. The van der Waals surface area contributed by atoms with Crippen LogP contribution in [0.2, 0.25) is 0 Å². The average molecular weight is 348 g/mol. The predicted octanol–water partition coefficient (Wildman–Crippen LogP) is 3.99. The maximum atomic E-state index is 12.4. The molecule has 5 heteroatoms. The van der Waals surface area contributed by atoms with Crippen molar-refractivity contribution < 1.29 is 14.3 Å². The quantitative estimate of drug-likeness (QED) is 0.656. The number of carbonyl (C=O) groups is 1. The van der Waals surface area contributed by atoms with E-state index in [0.717, 1.165) is 11.3 Å². The summed E-state index contributed by atoms with van der Waals surface area (Å²) in [5.41, 5.74) is 1.51. The summed E-state index contributed by atoms with van der Waals surface area (Å²) in [5, 5.41) is 2.83. The molecule has 1 N–H and O–H groups in total. The van der Waals surface area contributed by atoms with Gasteiger partial charge in [0.05, 0.1) is 6.54 Å². The van der Waals surface area contributed by atoms with E-state index >= 15 is 0 Å². The molecular weight excluding hydrogens is 328 g/mol.